The van der Waals surface area contributed by atoms with Crippen LogP contribution in [-0.4, -0.2) is 49.1 Å². The lowest BCUT2D eigenvalue weighted by Crippen LogP contribution is -2.43. The summed E-state index contributed by atoms with van der Waals surface area (Å²) in [6, 6.07) is 5.42. The topological polar surface area (TPSA) is 90.1 Å². The molecule has 0 aromatic heterocycles. The van der Waals surface area contributed by atoms with Crippen molar-refractivity contribution < 1.29 is 13.9 Å². The first kappa shape index (κ1) is 30.7. The number of nitrogens with one attached hydrogen (secondary N) is 2. The largest absolute Gasteiger partial charge is 0.478 e. The molecule has 1 rings (SSSR count). The van der Waals surface area contributed by atoms with E-state index in [4.69, 9.17) is 10.1 Å². The van der Waals surface area contributed by atoms with Crippen LogP contribution in [0.25, 0.3) is 0 Å². The molecule has 1 aromatic carbocycles. The summed E-state index contributed by atoms with van der Waals surface area (Å²) in [4.78, 5) is 19.0. The zero-order valence-corrected chi connectivity index (χ0v) is 21.4. The molecule has 2 unspecified atom stereocenters. The quantitative estimate of drug-likeness (QED) is 0.187. The van der Waals surface area contributed by atoms with E-state index in [-0.39, 0.29) is 23.8 Å². The molecule has 188 valence electrons. The van der Waals surface area contributed by atoms with E-state index >= 15 is 0 Å². The second kappa shape index (κ2) is 17.2. The number of halogens is 1. The number of hydrogen-bond donors (Lipinski definition) is 2. The highest BCUT2D eigenvalue weighted by Crippen LogP contribution is 2.25. The van der Waals surface area contributed by atoms with Crippen LogP contribution in [0.3, 0.4) is 0 Å². The van der Waals surface area contributed by atoms with Crippen molar-refractivity contribution in [2.75, 3.05) is 19.1 Å². The van der Waals surface area contributed by atoms with Crippen LogP contribution in [0.1, 0.15) is 62.9 Å². The number of rotatable bonds is 14. The highest BCUT2D eigenvalue weighted by atomic mass is 19.1. The first-order valence-electron chi connectivity index (χ1n) is 11.6. The summed E-state index contributed by atoms with van der Waals surface area (Å²) in [5, 5.41) is 11.0. The number of allylic oxidation sites excluding steroid dienone is 1. The minimum Gasteiger partial charge on any atom is -0.478 e. The Kier molecular flexibility index (Phi) is 15.6. The van der Waals surface area contributed by atoms with Crippen molar-refractivity contribution >= 4 is 30.2 Å². The number of benzene rings is 1. The van der Waals surface area contributed by atoms with Gasteiger partial charge in [0, 0.05) is 25.2 Å². The fourth-order valence-electron chi connectivity index (χ4n) is 3.48. The Labute approximate surface area is 204 Å². The highest BCUT2D eigenvalue weighted by Gasteiger charge is 2.29. The van der Waals surface area contributed by atoms with Gasteiger partial charge in [-0.3, -0.25) is 10.2 Å². The summed E-state index contributed by atoms with van der Waals surface area (Å²) in [6.07, 6.45) is 5.79. The average Bonchev–Trinajstić information content (AvgIpc) is 2.83. The molecular formula is C26H40FN5O2. The molecule has 7 nitrogen and oxygen atoms in total. The summed E-state index contributed by atoms with van der Waals surface area (Å²) in [7, 11) is 1.78. The first-order chi connectivity index (χ1) is 16.2. The van der Waals surface area contributed by atoms with Gasteiger partial charge in [-0.1, -0.05) is 52.3 Å². The van der Waals surface area contributed by atoms with Gasteiger partial charge in [0.15, 0.2) is 0 Å². The number of anilines is 1. The molecule has 0 aliphatic heterocycles. The van der Waals surface area contributed by atoms with Crippen LogP contribution in [0.15, 0.2) is 53.2 Å². The van der Waals surface area contributed by atoms with Gasteiger partial charge >= 0.3 is 0 Å². The van der Waals surface area contributed by atoms with Crippen LogP contribution >= 0.6 is 0 Å². The maximum atomic E-state index is 13.4. The highest BCUT2D eigenvalue weighted by molar-refractivity contribution is 6.14. The van der Waals surface area contributed by atoms with Gasteiger partial charge in [-0.05, 0) is 38.5 Å². The fourth-order valence-corrected chi connectivity index (χ4v) is 3.48. The number of carbonyl (C=O) groups excluding carboxylic acids is 1. The molecule has 34 heavy (non-hydrogen) atoms. The number of nitrogens with zero attached hydrogens (tertiary/aromatic N) is 3. The van der Waals surface area contributed by atoms with Crippen molar-refractivity contribution in [1.29, 1.82) is 5.41 Å². The SMILES string of the molecule is C=C(F)/C=N\C(=C)OCC(CCC)C(CC)N(C)C(=O)c1cc(C)ccc1N/N=C\C=N.CC. The first-order valence-corrected chi connectivity index (χ1v) is 11.6. The third kappa shape index (κ3) is 10.6. The number of aliphatic imine (C=N–C) groups is 1. The standard InChI is InChI=1S/C24H34FN5O2.C2H6/c1-7-9-20(16-32-19(5)27-15-18(4)25)23(8-2)30(6)24(31)21-14-17(3)10-11-22(21)29-28-13-12-26;1-2/h10-15,20,23,26,29H,4-5,7-9,16H2,1-3,6H3;1-2H3/b26-12?,27-15-,28-13-;. The summed E-state index contributed by atoms with van der Waals surface area (Å²) in [5.74, 6) is -0.677. The van der Waals surface area contributed by atoms with Crippen LogP contribution in [0.2, 0.25) is 0 Å². The van der Waals surface area contributed by atoms with Crippen molar-refractivity contribution in [3.63, 3.8) is 0 Å². The zero-order valence-electron chi connectivity index (χ0n) is 21.4. The molecule has 0 fully saturated rings. The molecule has 0 aliphatic rings. The summed E-state index contributed by atoms with van der Waals surface area (Å²) < 4.78 is 18.4. The Balaban J connectivity index is 0.00000529. The normalized spacial score (nSPS) is 12.4. The molecule has 0 aliphatic carbocycles. The van der Waals surface area contributed by atoms with E-state index in [2.05, 4.69) is 35.6 Å². The van der Waals surface area contributed by atoms with E-state index in [9.17, 15) is 9.18 Å². The van der Waals surface area contributed by atoms with Crippen LogP contribution in [0.5, 0.6) is 0 Å². The minimum absolute atomic E-state index is 0.0385. The van der Waals surface area contributed by atoms with E-state index in [1.54, 1.807) is 18.0 Å². The van der Waals surface area contributed by atoms with Gasteiger partial charge in [0.05, 0.1) is 30.3 Å². The lowest BCUT2D eigenvalue weighted by Gasteiger charge is -2.34. The average molecular weight is 474 g/mol. The zero-order chi connectivity index (χ0) is 26.1. The van der Waals surface area contributed by atoms with Gasteiger partial charge < -0.3 is 15.0 Å². The van der Waals surface area contributed by atoms with Crippen LogP contribution in [0.4, 0.5) is 10.1 Å². The maximum Gasteiger partial charge on any atom is 0.256 e. The fraction of sp³-hybridized carbons (Fsp3) is 0.462. The molecule has 0 saturated heterocycles. The molecule has 0 bridgehead atoms. The van der Waals surface area contributed by atoms with Crippen LogP contribution in [-0.2, 0) is 4.74 Å². The van der Waals surface area contributed by atoms with Crippen molar-refractivity contribution in [1.82, 2.24) is 4.90 Å². The van der Waals surface area contributed by atoms with Crippen molar-refractivity contribution in [2.45, 2.75) is 59.9 Å². The third-order valence-electron chi connectivity index (χ3n) is 4.99. The van der Waals surface area contributed by atoms with E-state index in [1.807, 2.05) is 39.8 Å². The molecule has 2 N–H and O–H groups in total. The molecular weight excluding hydrogens is 433 g/mol. The van der Waals surface area contributed by atoms with Crippen LogP contribution < -0.4 is 5.43 Å². The Bertz CT molecular complexity index is 867. The molecule has 1 aromatic rings. The number of ether oxygens (including phenoxy) is 1. The number of hydrogen-bond acceptors (Lipinski definition) is 6. The Morgan fingerprint density at radius 1 is 1.32 bits per heavy atom. The predicted molar refractivity (Wildman–Crippen MR) is 142 cm³/mol. The van der Waals surface area contributed by atoms with E-state index in [0.29, 0.717) is 17.9 Å². The molecule has 2 atom stereocenters. The lowest BCUT2D eigenvalue weighted by molar-refractivity contribution is 0.0548. The number of aryl methyl sites for hydroxylation is 1. The lowest BCUT2D eigenvalue weighted by atomic mass is 9.92. The minimum atomic E-state index is -0.677. The molecule has 0 heterocycles. The maximum absolute atomic E-state index is 13.4. The molecule has 8 heteroatoms. The van der Waals surface area contributed by atoms with E-state index in [1.165, 1.54) is 6.21 Å². The van der Waals surface area contributed by atoms with Gasteiger partial charge in [0.2, 0.25) is 5.88 Å². The number of hydrazone groups is 1. The van der Waals surface area contributed by atoms with Crippen molar-refractivity contribution in [3.8, 4) is 0 Å². The molecule has 0 spiro atoms. The van der Waals surface area contributed by atoms with Gasteiger partial charge in [-0.25, -0.2) is 9.38 Å². The summed E-state index contributed by atoms with van der Waals surface area (Å²) >= 11 is 0. The molecule has 1 amide bonds. The third-order valence-corrected chi connectivity index (χ3v) is 4.99. The summed E-state index contributed by atoms with van der Waals surface area (Å²) in [5.41, 5.74) is 4.85. The Morgan fingerprint density at radius 2 is 2.00 bits per heavy atom. The Morgan fingerprint density at radius 3 is 2.56 bits per heavy atom. The van der Waals surface area contributed by atoms with Crippen molar-refractivity contribution in [3.05, 3.63) is 54.2 Å². The molecule has 0 saturated carbocycles. The number of amides is 1. The predicted octanol–water partition coefficient (Wildman–Crippen LogP) is 6.38. The second-order valence-electron chi connectivity index (χ2n) is 7.46. The second-order valence-corrected chi connectivity index (χ2v) is 7.46. The van der Waals surface area contributed by atoms with E-state index in [0.717, 1.165) is 37.3 Å². The Hall–Kier alpha value is -3.29. The van der Waals surface area contributed by atoms with Gasteiger partial charge in [0.1, 0.15) is 5.83 Å². The van der Waals surface area contributed by atoms with E-state index < -0.39 is 5.83 Å². The van der Waals surface area contributed by atoms with Gasteiger partial charge in [-0.2, -0.15) is 5.10 Å². The van der Waals surface area contributed by atoms with Gasteiger partial charge in [-0.15, -0.1) is 0 Å². The smallest absolute Gasteiger partial charge is 0.256 e. The van der Waals surface area contributed by atoms with Crippen LogP contribution in [0, 0.1) is 18.3 Å². The van der Waals surface area contributed by atoms with Crippen molar-refractivity contribution in [2.24, 2.45) is 16.0 Å². The van der Waals surface area contributed by atoms with Gasteiger partial charge in [0.25, 0.3) is 5.91 Å². The molecule has 0 radical (unpaired) electrons. The summed E-state index contributed by atoms with van der Waals surface area (Å²) in [6.45, 7) is 17.1. The number of carbonyl (C=O) groups is 1. The monoisotopic (exact) mass is 473 g/mol.